The molecule has 1 N–H and O–H groups in total. The van der Waals surface area contributed by atoms with E-state index < -0.39 is 6.10 Å². The third-order valence-corrected chi connectivity index (χ3v) is 4.47. The van der Waals surface area contributed by atoms with Gasteiger partial charge in [-0.25, -0.2) is 0 Å². The molecule has 0 saturated heterocycles. The van der Waals surface area contributed by atoms with E-state index in [0.29, 0.717) is 24.1 Å². The summed E-state index contributed by atoms with van der Waals surface area (Å²) >= 11 is 0. The summed E-state index contributed by atoms with van der Waals surface area (Å²) in [5, 5.41) is 10.8. The molecule has 1 atom stereocenters. The van der Waals surface area contributed by atoms with Gasteiger partial charge in [-0.15, -0.1) is 10.2 Å². The Morgan fingerprint density at radius 1 is 1.26 bits per heavy atom. The minimum absolute atomic E-state index is 0.150. The number of rotatable bonds is 4. The van der Waals surface area contributed by atoms with Gasteiger partial charge in [0.2, 0.25) is 11.8 Å². The maximum absolute atomic E-state index is 12.3. The fourth-order valence-electron chi connectivity index (χ4n) is 2.77. The standard InChI is InChI=1S/C17H19N3O3/c1-9-5-12-7-14(22-13(12)6-10(9)2)16(21)18-8-15-19-20-17(23-15)11-3-4-11/h5-6,11,14H,3-4,7-8H2,1-2H3,(H,18,21)/t14-/m0/s1. The first-order valence-electron chi connectivity index (χ1n) is 7.97. The molecule has 4 rings (SSSR count). The quantitative estimate of drug-likeness (QED) is 0.936. The van der Waals surface area contributed by atoms with E-state index >= 15 is 0 Å². The molecule has 0 spiro atoms. The van der Waals surface area contributed by atoms with Gasteiger partial charge in [-0.3, -0.25) is 4.79 Å². The lowest BCUT2D eigenvalue weighted by atomic mass is 10.0. The van der Waals surface area contributed by atoms with Crippen molar-refractivity contribution >= 4 is 5.91 Å². The summed E-state index contributed by atoms with van der Waals surface area (Å²) in [6, 6.07) is 4.09. The van der Waals surface area contributed by atoms with Crippen molar-refractivity contribution in [1.29, 1.82) is 0 Å². The number of nitrogens with zero attached hydrogens (tertiary/aromatic N) is 2. The molecule has 23 heavy (non-hydrogen) atoms. The van der Waals surface area contributed by atoms with Crippen LogP contribution in [0.1, 0.15) is 47.2 Å². The van der Waals surface area contributed by atoms with Crippen molar-refractivity contribution in [3.63, 3.8) is 0 Å². The number of fused-ring (bicyclic) bond motifs is 1. The third kappa shape index (κ3) is 2.81. The predicted molar refractivity (Wildman–Crippen MR) is 82.2 cm³/mol. The molecule has 1 aromatic carbocycles. The monoisotopic (exact) mass is 313 g/mol. The SMILES string of the molecule is Cc1cc2c(cc1C)O[C@H](C(=O)NCc1nnc(C3CC3)o1)C2. The van der Waals surface area contributed by atoms with Crippen LogP contribution in [0.15, 0.2) is 16.5 Å². The Morgan fingerprint density at radius 3 is 2.83 bits per heavy atom. The van der Waals surface area contributed by atoms with Crippen molar-refractivity contribution in [2.45, 2.75) is 51.7 Å². The Labute approximate surface area is 134 Å². The molecule has 0 radical (unpaired) electrons. The summed E-state index contributed by atoms with van der Waals surface area (Å²) in [4.78, 5) is 12.3. The van der Waals surface area contributed by atoms with E-state index in [-0.39, 0.29) is 12.5 Å². The van der Waals surface area contributed by atoms with Gasteiger partial charge in [0.25, 0.3) is 5.91 Å². The first-order valence-corrected chi connectivity index (χ1v) is 7.97. The van der Waals surface area contributed by atoms with E-state index in [0.717, 1.165) is 24.2 Å². The Kier molecular flexibility index (Phi) is 3.32. The normalized spacial score (nSPS) is 19.3. The molecule has 1 aliphatic carbocycles. The van der Waals surface area contributed by atoms with Crippen molar-refractivity contribution in [2.75, 3.05) is 0 Å². The smallest absolute Gasteiger partial charge is 0.261 e. The van der Waals surface area contributed by atoms with Crippen LogP contribution in [0, 0.1) is 13.8 Å². The second-order valence-corrected chi connectivity index (χ2v) is 6.38. The Bertz CT molecular complexity index is 733. The van der Waals surface area contributed by atoms with Crippen LogP contribution < -0.4 is 10.1 Å². The minimum atomic E-state index is -0.489. The van der Waals surface area contributed by atoms with E-state index in [1.165, 1.54) is 11.1 Å². The van der Waals surface area contributed by atoms with Gasteiger partial charge < -0.3 is 14.5 Å². The molecular formula is C17H19N3O3. The molecule has 6 heteroatoms. The molecule has 1 aromatic heterocycles. The lowest BCUT2D eigenvalue weighted by Crippen LogP contribution is -2.37. The van der Waals surface area contributed by atoms with Gasteiger partial charge in [0.1, 0.15) is 5.75 Å². The lowest BCUT2D eigenvalue weighted by molar-refractivity contribution is -0.127. The van der Waals surface area contributed by atoms with Gasteiger partial charge in [-0.1, -0.05) is 6.07 Å². The van der Waals surface area contributed by atoms with E-state index in [9.17, 15) is 4.79 Å². The molecule has 1 saturated carbocycles. The number of carbonyl (C=O) groups is 1. The van der Waals surface area contributed by atoms with Gasteiger partial charge >= 0.3 is 0 Å². The van der Waals surface area contributed by atoms with Crippen LogP contribution in [0.3, 0.4) is 0 Å². The maximum Gasteiger partial charge on any atom is 0.261 e. The number of hydrogen-bond donors (Lipinski definition) is 1. The highest BCUT2D eigenvalue weighted by molar-refractivity contribution is 5.82. The predicted octanol–water partition coefficient (Wildman–Crippen LogP) is 2.18. The van der Waals surface area contributed by atoms with Gasteiger partial charge in [0, 0.05) is 12.3 Å². The zero-order valence-electron chi connectivity index (χ0n) is 13.3. The highest BCUT2D eigenvalue weighted by atomic mass is 16.5. The van der Waals surface area contributed by atoms with Crippen molar-refractivity contribution in [3.8, 4) is 5.75 Å². The Hall–Kier alpha value is -2.37. The molecule has 1 aliphatic heterocycles. The summed E-state index contributed by atoms with van der Waals surface area (Å²) in [5.41, 5.74) is 3.47. The van der Waals surface area contributed by atoms with Crippen LogP contribution in [0.5, 0.6) is 5.75 Å². The van der Waals surface area contributed by atoms with E-state index in [1.807, 2.05) is 13.0 Å². The van der Waals surface area contributed by atoms with Crippen LogP contribution in [0.4, 0.5) is 0 Å². The molecule has 2 heterocycles. The molecule has 6 nitrogen and oxygen atoms in total. The first kappa shape index (κ1) is 14.2. The molecule has 2 aromatic rings. The average molecular weight is 313 g/mol. The van der Waals surface area contributed by atoms with Gasteiger partial charge in [-0.2, -0.15) is 0 Å². The first-order chi connectivity index (χ1) is 11.1. The largest absolute Gasteiger partial charge is 0.480 e. The van der Waals surface area contributed by atoms with Gasteiger partial charge in [0.15, 0.2) is 6.10 Å². The highest BCUT2D eigenvalue weighted by Crippen LogP contribution is 2.39. The molecule has 1 fully saturated rings. The number of aryl methyl sites for hydroxylation is 2. The van der Waals surface area contributed by atoms with Crippen molar-refractivity contribution in [2.24, 2.45) is 0 Å². The second kappa shape index (κ2) is 5.37. The summed E-state index contributed by atoms with van der Waals surface area (Å²) < 4.78 is 11.3. The number of nitrogens with one attached hydrogen (secondary N) is 1. The zero-order chi connectivity index (χ0) is 16.0. The number of amides is 1. The van der Waals surface area contributed by atoms with Crippen molar-refractivity contribution in [3.05, 3.63) is 40.6 Å². The minimum Gasteiger partial charge on any atom is -0.480 e. The van der Waals surface area contributed by atoms with Crippen LogP contribution in [-0.2, 0) is 17.8 Å². The third-order valence-electron chi connectivity index (χ3n) is 4.47. The molecular weight excluding hydrogens is 294 g/mol. The van der Waals surface area contributed by atoms with E-state index in [4.69, 9.17) is 9.15 Å². The van der Waals surface area contributed by atoms with Crippen LogP contribution in [0.25, 0.3) is 0 Å². The number of aromatic nitrogens is 2. The van der Waals surface area contributed by atoms with E-state index in [1.54, 1.807) is 0 Å². The molecule has 2 aliphatic rings. The summed E-state index contributed by atoms with van der Waals surface area (Å²) in [7, 11) is 0. The molecule has 0 bridgehead atoms. The molecule has 1 amide bonds. The van der Waals surface area contributed by atoms with Crippen LogP contribution in [0.2, 0.25) is 0 Å². The topological polar surface area (TPSA) is 77.2 Å². The van der Waals surface area contributed by atoms with Crippen molar-refractivity contribution in [1.82, 2.24) is 15.5 Å². The second-order valence-electron chi connectivity index (χ2n) is 6.38. The van der Waals surface area contributed by atoms with Crippen molar-refractivity contribution < 1.29 is 13.9 Å². The Morgan fingerprint density at radius 2 is 2.04 bits per heavy atom. The van der Waals surface area contributed by atoms with Crippen LogP contribution in [-0.4, -0.2) is 22.2 Å². The van der Waals surface area contributed by atoms with Gasteiger partial charge in [-0.05, 0) is 49.4 Å². The highest BCUT2D eigenvalue weighted by Gasteiger charge is 2.31. The Balaban J connectivity index is 1.36. The number of carbonyl (C=O) groups excluding carboxylic acids is 1. The van der Waals surface area contributed by atoms with Crippen LogP contribution >= 0.6 is 0 Å². The molecule has 120 valence electrons. The van der Waals surface area contributed by atoms with E-state index in [2.05, 4.69) is 28.5 Å². The summed E-state index contributed by atoms with van der Waals surface area (Å²) in [6.45, 7) is 4.35. The lowest BCUT2D eigenvalue weighted by Gasteiger charge is -2.10. The summed E-state index contributed by atoms with van der Waals surface area (Å²) in [5.74, 6) is 2.21. The maximum atomic E-state index is 12.3. The number of ether oxygens (including phenoxy) is 1. The average Bonchev–Trinajstić information content (AvgIpc) is 3.13. The number of benzene rings is 1. The number of hydrogen-bond acceptors (Lipinski definition) is 5. The van der Waals surface area contributed by atoms with Gasteiger partial charge in [0.05, 0.1) is 6.54 Å². The zero-order valence-corrected chi connectivity index (χ0v) is 13.3. The fraction of sp³-hybridized carbons (Fsp3) is 0.471. The summed E-state index contributed by atoms with van der Waals surface area (Å²) in [6.07, 6.45) is 2.33. The molecule has 0 unspecified atom stereocenters. The fourth-order valence-corrected chi connectivity index (χ4v) is 2.77.